The van der Waals surface area contributed by atoms with Gasteiger partial charge >= 0.3 is 0 Å². The van der Waals surface area contributed by atoms with Crippen LogP contribution in [-0.4, -0.2) is 20.8 Å². The summed E-state index contributed by atoms with van der Waals surface area (Å²) in [6.07, 6.45) is 1.11. The molecule has 0 unspecified atom stereocenters. The summed E-state index contributed by atoms with van der Waals surface area (Å²) in [5.41, 5.74) is 6.92. The molecule has 1 atom stereocenters. The average Bonchev–Trinajstić information content (AvgIpc) is 2.77. The molecule has 0 saturated heterocycles. The molecule has 3 N–H and O–H groups in total. The first-order chi connectivity index (χ1) is 8.49. The Kier molecular flexibility index (Phi) is 3.49. The predicted molar refractivity (Wildman–Crippen MR) is 70.4 cm³/mol. The van der Waals surface area contributed by atoms with Gasteiger partial charge in [0.1, 0.15) is 5.69 Å². The fraction of sp³-hybridized carbons (Fsp3) is 0.167. The molecule has 0 spiro atoms. The summed E-state index contributed by atoms with van der Waals surface area (Å²) < 4.78 is 2.34. The van der Waals surface area contributed by atoms with E-state index < -0.39 is 12.0 Å². The Morgan fingerprint density at radius 3 is 2.72 bits per heavy atom. The van der Waals surface area contributed by atoms with E-state index >= 15 is 0 Å². The molecule has 94 valence electrons. The normalized spacial score (nSPS) is 12.4. The lowest BCUT2D eigenvalue weighted by Gasteiger charge is -2.09. The van der Waals surface area contributed by atoms with Gasteiger partial charge in [0.25, 0.3) is 5.91 Å². The van der Waals surface area contributed by atoms with Gasteiger partial charge in [-0.3, -0.25) is 4.79 Å². The molecule has 1 aromatic heterocycles. The molecule has 2 rings (SSSR count). The van der Waals surface area contributed by atoms with Crippen molar-refractivity contribution in [2.24, 2.45) is 5.73 Å². The highest BCUT2D eigenvalue weighted by Gasteiger charge is 2.09. The third kappa shape index (κ3) is 2.44. The second-order valence-corrected chi connectivity index (χ2v) is 4.75. The molecule has 0 fully saturated rings. The van der Waals surface area contributed by atoms with Gasteiger partial charge in [-0.2, -0.15) is 5.10 Å². The van der Waals surface area contributed by atoms with Crippen molar-refractivity contribution in [1.82, 2.24) is 9.78 Å². The van der Waals surface area contributed by atoms with Crippen molar-refractivity contribution in [1.29, 1.82) is 0 Å². The first-order valence-corrected chi connectivity index (χ1v) is 6.11. The number of aliphatic hydroxyl groups excluding tert-OH is 1. The molecule has 0 aliphatic heterocycles. The Balaban J connectivity index is 2.39. The monoisotopic (exact) mass is 309 g/mol. The highest BCUT2D eigenvalue weighted by molar-refractivity contribution is 9.10. The maximum atomic E-state index is 11.0. The summed E-state index contributed by atoms with van der Waals surface area (Å²) in [5.74, 6) is -0.562. The lowest BCUT2D eigenvalue weighted by molar-refractivity contribution is 0.0995. The second-order valence-electron chi connectivity index (χ2n) is 3.89. The Labute approximate surface area is 112 Å². The smallest absolute Gasteiger partial charge is 0.269 e. The zero-order valence-electron chi connectivity index (χ0n) is 9.67. The number of primary amides is 1. The topological polar surface area (TPSA) is 81.1 Å². The van der Waals surface area contributed by atoms with Gasteiger partial charge in [0, 0.05) is 10.7 Å². The molecular formula is C12H12BrN3O2. The molecule has 2 aromatic rings. The summed E-state index contributed by atoms with van der Waals surface area (Å²) in [6.45, 7) is 1.69. The number of benzene rings is 1. The molecule has 5 nitrogen and oxygen atoms in total. The molecule has 0 aliphatic rings. The summed E-state index contributed by atoms with van der Waals surface area (Å²) in [4.78, 5) is 11.0. The second kappa shape index (κ2) is 4.91. The molecule has 0 radical (unpaired) electrons. The van der Waals surface area contributed by atoms with E-state index in [4.69, 9.17) is 5.73 Å². The summed E-state index contributed by atoms with van der Waals surface area (Å²) in [6, 6.07) is 6.99. The van der Waals surface area contributed by atoms with Crippen LogP contribution in [-0.2, 0) is 0 Å². The molecule has 0 bridgehead atoms. The number of carbonyl (C=O) groups excluding carboxylic acids is 1. The Hall–Kier alpha value is -1.66. The van der Waals surface area contributed by atoms with E-state index in [1.54, 1.807) is 29.9 Å². The van der Waals surface area contributed by atoms with E-state index in [9.17, 15) is 9.90 Å². The van der Waals surface area contributed by atoms with Gasteiger partial charge in [0.2, 0.25) is 0 Å². The third-order valence-electron chi connectivity index (χ3n) is 2.54. The number of amides is 1. The molecule has 0 saturated carbocycles. The fourth-order valence-corrected chi connectivity index (χ4v) is 2.29. The van der Waals surface area contributed by atoms with Crippen LogP contribution >= 0.6 is 15.9 Å². The molecule has 1 heterocycles. The number of rotatable bonds is 3. The molecule has 18 heavy (non-hydrogen) atoms. The van der Waals surface area contributed by atoms with E-state index in [2.05, 4.69) is 21.0 Å². The van der Waals surface area contributed by atoms with Crippen LogP contribution in [0.15, 0.2) is 34.9 Å². The van der Waals surface area contributed by atoms with E-state index in [1.165, 1.54) is 0 Å². The Morgan fingerprint density at radius 1 is 1.50 bits per heavy atom. The quantitative estimate of drug-likeness (QED) is 0.907. The minimum atomic E-state index is -0.562. The van der Waals surface area contributed by atoms with Gasteiger partial charge in [-0.1, -0.05) is 22.0 Å². The van der Waals surface area contributed by atoms with Crippen molar-refractivity contribution in [2.75, 3.05) is 0 Å². The van der Waals surface area contributed by atoms with Crippen LogP contribution in [0.4, 0.5) is 0 Å². The van der Waals surface area contributed by atoms with E-state index in [0.29, 0.717) is 0 Å². The van der Waals surface area contributed by atoms with Crippen LogP contribution < -0.4 is 5.73 Å². The minimum absolute atomic E-state index is 0.214. The van der Waals surface area contributed by atoms with Crippen molar-refractivity contribution in [2.45, 2.75) is 13.0 Å². The highest BCUT2D eigenvalue weighted by atomic mass is 79.9. The zero-order chi connectivity index (χ0) is 13.3. The predicted octanol–water partition coefficient (Wildman–Crippen LogP) is 1.79. The maximum Gasteiger partial charge on any atom is 0.269 e. The first kappa shape index (κ1) is 12.8. The van der Waals surface area contributed by atoms with Gasteiger partial charge in [-0.05, 0) is 30.7 Å². The number of nitrogens with zero attached hydrogens (tertiary/aromatic N) is 2. The summed E-state index contributed by atoms with van der Waals surface area (Å²) in [5, 5.41) is 13.6. The minimum Gasteiger partial charge on any atom is -0.389 e. The van der Waals surface area contributed by atoms with Crippen LogP contribution in [0.5, 0.6) is 0 Å². The Morgan fingerprint density at radius 2 is 2.22 bits per heavy atom. The number of hydrogen-bond donors (Lipinski definition) is 2. The van der Waals surface area contributed by atoms with Gasteiger partial charge in [0.05, 0.1) is 11.8 Å². The number of nitrogens with two attached hydrogens (primary N) is 1. The standard InChI is InChI=1S/C12H12BrN3O2/c1-7(17)9-3-2-8(6-10(9)13)16-5-4-11(15-16)12(14)18/h2-7,17H,1H3,(H2,14,18)/t7-/m1/s1. The van der Waals surface area contributed by atoms with Crippen molar-refractivity contribution < 1.29 is 9.90 Å². The maximum absolute atomic E-state index is 11.0. The number of aliphatic hydroxyl groups is 1. The fourth-order valence-electron chi connectivity index (χ4n) is 1.60. The zero-order valence-corrected chi connectivity index (χ0v) is 11.3. The average molecular weight is 310 g/mol. The number of carbonyl (C=O) groups is 1. The molecule has 1 aromatic carbocycles. The van der Waals surface area contributed by atoms with Crippen LogP contribution in [0.1, 0.15) is 29.1 Å². The largest absolute Gasteiger partial charge is 0.389 e. The van der Waals surface area contributed by atoms with Gasteiger partial charge in [-0.25, -0.2) is 4.68 Å². The van der Waals surface area contributed by atoms with Crippen LogP contribution in [0.25, 0.3) is 5.69 Å². The van der Waals surface area contributed by atoms with Crippen LogP contribution in [0.2, 0.25) is 0 Å². The lowest BCUT2D eigenvalue weighted by Crippen LogP contribution is -2.12. The Bertz CT molecular complexity index is 593. The van der Waals surface area contributed by atoms with E-state index in [-0.39, 0.29) is 5.69 Å². The van der Waals surface area contributed by atoms with E-state index in [1.807, 2.05) is 12.1 Å². The highest BCUT2D eigenvalue weighted by Crippen LogP contribution is 2.25. The van der Waals surface area contributed by atoms with Gasteiger partial charge in [0.15, 0.2) is 0 Å². The number of hydrogen-bond acceptors (Lipinski definition) is 3. The molecule has 1 amide bonds. The lowest BCUT2D eigenvalue weighted by atomic mass is 10.1. The van der Waals surface area contributed by atoms with Crippen LogP contribution in [0.3, 0.4) is 0 Å². The number of halogens is 1. The SMILES string of the molecule is C[C@@H](O)c1ccc(-n2ccc(C(N)=O)n2)cc1Br. The van der Waals surface area contributed by atoms with Gasteiger partial charge < -0.3 is 10.8 Å². The summed E-state index contributed by atoms with van der Waals surface area (Å²) in [7, 11) is 0. The van der Waals surface area contributed by atoms with Crippen molar-refractivity contribution in [3.05, 3.63) is 46.2 Å². The molecule has 6 heteroatoms. The van der Waals surface area contributed by atoms with Gasteiger partial charge in [-0.15, -0.1) is 0 Å². The third-order valence-corrected chi connectivity index (χ3v) is 3.23. The van der Waals surface area contributed by atoms with E-state index in [0.717, 1.165) is 15.7 Å². The molecule has 0 aliphatic carbocycles. The summed E-state index contributed by atoms with van der Waals surface area (Å²) >= 11 is 3.39. The van der Waals surface area contributed by atoms with Crippen molar-refractivity contribution in [3.8, 4) is 5.69 Å². The van der Waals surface area contributed by atoms with Crippen molar-refractivity contribution >= 4 is 21.8 Å². The van der Waals surface area contributed by atoms with Crippen LogP contribution in [0, 0.1) is 0 Å². The molecular weight excluding hydrogens is 298 g/mol. The first-order valence-electron chi connectivity index (χ1n) is 5.32. The van der Waals surface area contributed by atoms with Crippen molar-refractivity contribution in [3.63, 3.8) is 0 Å². The number of aromatic nitrogens is 2.